The number of benzene rings is 2. The van der Waals surface area contributed by atoms with Crippen LogP contribution in [0, 0.1) is 17.5 Å². The Kier molecular flexibility index (Phi) is 10.9. The summed E-state index contributed by atoms with van der Waals surface area (Å²) in [5.41, 5.74) is -0.456. The molecule has 0 aliphatic carbocycles. The molecule has 0 aliphatic heterocycles. The standard InChI is InChI=1S/C20H23F3N4O3.HI/c1-12(30-16-7-5-4-6-15(16)29-3)10-25-20(24-2)26-11-17(28)27-14-9-8-13(21)18(22)19(14)23;/h4-9,12H,10-11H2,1-3H3,(H,27,28)(H2,24,25,26);1H. The third-order valence-corrected chi connectivity index (χ3v) is 3.90. The number of carbonyl (C=O) groups is 1. The van der Waals surface area contributed by atoms with Crippen molar-refractivity contribution in [1.29, 1.82) is 0 Å². The Morgan fingerprint density at radius 3 is 2.39 bits per heavy atom. The average molecular weight is 552 g/mol. The lowest BCUT2D eigenvalue weighted by molar-refractivity contribution is -0.115. The molecule has 7 nitrogen and oxygen atoms in total. The maximum Gasteiger partial charge on any atom is 0.243 e. The first-order valence-corrected chi connectivity index (χ1v) is 9.03. The SMILES string of the molecule is CN=C(NCC(=O)Nc1ccc(F)c(F)c1F)NCC(C)Oc1ccccc1OC.I. The number of ether oxygens (including phenoxy) is 2. The van der Waals surface area contributed by atoms with Crippen molar-refractivity contribution in [3.05, 3.63) is 53.8 Å². The molecule has 0 heterocycles. The van der Waals surface area contributed by atoms with E-state index in [2.05, 4.69) is 20.9 Å². The smallest absolute Gasteiger partial charge is 0.243 e. The minimum Gasteiger partial charge on any atom is -0.493 e. The van der Waals surface area contributed by atoms with Crippen molar-refractivity contribution in [1.82, 2.24) is 10.6 Å². The second-order valence-corrected chi connectivity index (χ2v) is 6.16. The highest BCUT2D eigenvalue weighted by molar-refractivity contribution is 14.0. The van der Waals surface area contributed by atoms with Crippen LogP contribution in [-0.2, 0) is 4.79 Å². The van der Waals surface area contributed by atoms with Gasteiger partial charge in [-0.2, -0.15) is 0 Å². The van der Waals surface area contributed by atoms with Crippen molar-refractivity contribution >= 4 is 41.5 Å². The number of para-hydroxylation sites is 2. The topological polar surface area (TPSA) is 84.0 Å². The van der Waals surface area contributed by atoms with E-state index in [1.165, 1.54) is 7.05 Å². The molecule has 2 aromatic rings. The summed E-state index contributed by atoms with van der Waals surface area (Å²) in [4.78, 5) is 15.9. The summed E-state index contributed by atoms with van der Waals surface area (Å²) in [5.74, 6) is -3.63. The van der Waals surface area contributed by atoms with E-state index >= 15 is 0 Å². The lowest BCUT2D eigenvalue weighted by atomic mass is 10.2. The van der Waals surface area contributed by atoms with Crippen LogP contribution < -0.4 is 25.4 Å². The van der Waals surface area contributed by atoms with Crippen LogP contribution in [-0.4, -0.2) is 45.2 Å². The van der Waals surface area contributed by atoms with E-state index in [0.717, 1.165) is 12.1 Å². The molecular formula is C20H24F3IN4O3. The number of halogens is 4. The van der Waals surface area contributed by atoms with Crippen molar-refractivity contribution in [2.24, 2.45) is 4.99 Å². The third-order valence-electron chi connectivity index (χ3n) is 3.90. The van der Waals surface area contributed by atoms with Gasteiger partial charge in [0.2, 0.25) is 5.91 Å². The Balaban J connectivity index is 0.00000480. The van der Waals surface area contributed by atoms with E-state index < -0.39 is 29.0 Å². The zero-order valence-corrected chi connectivity index (χ0v) is 19.5. The molecule has 31 heavy (non-hydrogen) atoms. The van der Waals surface area contributed by atoms with Gasteiger partial charge in [-0.3, -0.25) is 9.79 Å². The van der Waals surface area contributed by atoms with Crippen LogP contribution in [0.4, 0.5) is 18.9 Å². The number of hydrogen-bond donors (Lipinski definition) is 3. The molecule has 0 fully saturated rings. The maximum absolute atomic E-state index is 13.6. The van der Waals surface area contributed by atoms with Crippen LogP contribution in [0.25, 0.3) is 0 Å². The molecule has 0 radical (unpaired) electrons. The minimum absolute atomic E-state index is 0. The summed E-state index contributed by atoms with van der Waals surface area (Å²) in [5, 5.41) is 7.88. The maximum atomic E-state index is 13.6. The summed E-state index contributed by atoms with van der Waals surface area (Å²) < 4.78 is 50.8. The molecule has 11 heteroatoms. The molecule has 0 spiro atoms. The van der Waals surface area contributed by atoms with Crippen LogP contribution >= 0.6 is 24.0 Å². The molecule has 0 bridgehead atoms. The summed E-state index contributed by atoms with van der Waals surface area (Å²) >= 11 is 0. The molecule has 1 amide bonds. The van der Waals surface area contributed by atoms with Gasteiger partial charge in [0.25, 0.3) is 0 Å². The molecule has 0 aliphatic rings. The van der Waals surface area contributed by atoms with Crippen LogP contribution in [0.1, 0.15) is 6.92 Å². The lowest BCUT2D eigenvalue weighted by Crippen LogP contribution is -2.44. The fraction of sp³-hybridized carbons (Fsp3) is 0.300. The second kappa shape index (κ2) is 12.9. The number of carbonyl (C=O) groups excluding carboxylic acids is 1. The van der Waals surface area contributed by atoms with Gasteiger partial charge in [0.05, 0.1) is 25.9 Å². The van der Waals surface area contributed by atoms with Crippen LogP contribution in [0.3, 0.4) is 0 Å². The van der Waals surface area contributed by atoms with Crippen molar-refractivity contribution in [2.45, 2.75) is 13.0 Å². The van der Waals surface area contributed by atoms with Gasteiger partial charge in [0.15, 0.2) is 34.9 Å². The molecule has 0 saturated heterocycles. The van der Waals surface area contributed by atoms with E-state index in [1.54, 1.807) is 19.2 Å². The number of aliphatic imine (C=N–C) groups is 1. The van der Waals surface area contributed by atoms with Crippen molar-refractivity contribution in [3.8, 4) is 11.5 Å². The largest absolute Gasteiger partial charge is 0.493 e. The van der Waals surface area contributed by atoms with Crippen LogP contribution in [0.2, 0.25) is 0 Å². The molecule has 3 N–H and O–H groups in total. The number of methoxy groups -OCH3 is 1. The molecule has 0 saturated carbocycles. The summed E-state index contributed by atoms with van der Waals surface area (Å²) in [7, 11) is 3.06. The number of hydrogen-bond acceptors (Lipinski definition) is 4. The van der Waals surface area contributed by atoms with Gasteiger partial charge in [-0.25, -0.2) is 13.2 Å². The fourth-order valence-electron chi connectivity index (χ4n) is 2.42. The predicted octanol–water partition coefficient (Wildman–Crippen LogP) is 3.30. The van der Waals surface area contributed by atoms with E-state index in [1.807, 2.05) is 19.1 Å². The van der Waals surface area contributed by atoms with Crippen molar-refractivity contribution < 1.29 is 27.4 Å². The van der Waals surface area contributed by atoms with Crippen molar-refractivity contribution in [3.63, 3.8) is 0 Å². The first-order chi connectivity index (χ1) is 14.3. The number of rotatable bonds is 8. The number of amides is 1. The molecule has 1 atom stereocenters. The van der Waals surface area contributed by atoms with Gasteiger partial charge in [-0.05, 0) is 31.2 Å². The molecule has 1 unspecified atom stereocenters. The summed E-state index contributed by atoms with van der Waals surface area (Å²) in [6, 6.07) is 8.89. The van der Waals surface area contributed by atoms with Crippen LogP contribution in [0.5, 0.6) is 11.5 Å². The average Bonchev–Trinajstić information content (AvgIpc) is 2.74. The Morgan fingerprint density at radius 2 is 1.74 bits per heavy atom. The van der Waals surface area contributed by atoms with Crippen LogP contribution in [0.15, 0.2) is 41.4 Å². The zero-order chi connectivity index (χ0) is 22.1. The normalized spacial score (nSPS) is 11.7. The Morgan fingerprint density at radius 1 is 1.06 bits per heavy atom. The molecule has 170 valence electrons. The number of nitrogens with zero attached hydrogens (tertiary/aromatic N) is 1. The van der Waals surface area contributed by atoms with Gasteiger partial charge in [0.1, 0.15) is 6.10 Å². The van der Waals surface area contributed by atoms with Gasteiger partial charge in [0, 0.05) is 7.05 Å². The fourth-order valence-corrected chi connectivity index (χ4v) is 2.42. The Bertz CT molecular complexity index is 915. The summed E-state index contributed by atoms with van der Waals surface area (Å²) in [6.07, 6.45) is -0.259. The van der Waals surface area contributed by atoms with Gasteiger partial charge in [-0.1, -0.05) is 12.1 Å². The lowest BCUT2D eigenvalue weighted by Gasteiger charge is -2.19. The number of nitrogens with one attached hydrogen (secondary N) is 3. The third kappa shape index (κ3) is 7.81. The van der Waals surface area contributed by atoms with E-state index in [4.69, 9.17) is 9.47 Å². The molecule has 2 aromatic carbocycles. The first kappa shape index (κ1) is 26.3. The van der Waals surface area contributed by atoms with E-state index in [9.17, 15) is 18.0 Å². The zero-order valence-electron chi connectivity index (χ0n) is 17.2. The monoisotopic (exact) mass is 552 g/mol. The first-order valence-electron chi connectivity index (χ1n) is 9.03. The molecular weight excluding hydrogens is 528 g/mol. The van der Waals surface area contributed by atoms with E-state index in [0.29, 0.717) is 24.0 Å². The highest BCUT2D eigenvalue weighted by Crippen LogP contribution is 2.26. The highest BCUT2D eigenvalue weighted by atomic mass is 127. The number of guanidine groups is 1. The quantitative estimate of drug-likeness (QED) is 0.203. The molecule has 2 rings (SSSR count). The van der Waals surface area contributed by atoms with Crippen molar-refractivity contribution in [2.75, 3.05) is 32.6 Å². The molecule has 0 aromatic heterocycles. The predicted molar refractivity (Wildman–Crippen MR) is 123 cm³/mol. The second-order valence-electron chi connectivity index (χ2n) is 6.16. The number of anilines is 1. The highest BCUT2D eigenvalue weighted by Gasteiger charge is 2.15. The van der Waals surface area contributed by atoms with E-state index in [-0.39, 0.29) is 36.6 Å². The van der Waals surface area contributed by atoms with Gasteiger partial charge in [-0.15, -0.1) is 24.0 Å². The Labute approximate surface area is 195 Å². The summed E-state index contributed by atoms with van der Waals surface area (Å²) in [6.45, 7) is 1.92. The Hall–Kier alpha value is -2.70. The van der Waals surface area contributed by atoms with Gasteiger partial charge < -0.3 is 25.4 Å². The minimum atomic E-state index is -1.65. The van der Waals surface area contributed by atoms with Gasteiger partial charge >= 0.3 is 0 Å².